The van der Waals surface area contributed by atoms with E-state index in [4.69, 9.17) is 4.98 Å². The van der Waals surface area contributed by atoms with Gasteiger partial charge in [0.15, 0.2) is 0 Å². The number of pyridine rings is 1. The van der Waals surface area contributed by atoms with Crippen LogP contribution in [0.1, 0.15) is 41.9 Å². The normalized spacial score (nSPS) is 17.8. The molecule has 4 nitrogen and oxygen atoms in total. The predicted molar refractivity (Wildman–Crippen MR) is 103 cm³/mol. The van der Waals surface area contributed by atoms with Crippen molar-refractivity contribution >= 4 is 22.5 Å². The average Bonchev–Trinajstić information content (AvgIpc) is 3.28. The zero-order valence-corrected chi connectivity index (χ0v) is 14.4. The van der Waals surface area contributed by atoms with E-state index in [1.807, 2.05) is 0 Å². The summed E-state index contributed by atoms with van der Waals surface area (Å²) >= 11 is 0. The van der Waals surface area contributed by atoms with Crippen LogP contribution >= 0.6 is 0 Å². The monoisotopic (exact) mass is 332 g/mol. The van der Waals surface area contributed by atoms with Gasteiger partial charge in [0.25, 0.3) is 0 Å². The summed E-state index contributed by atoms with van der Waals surface area (Å²) in [5.41, 5.74) is 6.54. The van der Waals surface area contributed by atoms with Gasteiger partial charge in [-0.25, -0.2) is 4.98 Å². The Morgan fingerprint density at radius 3 is 2.80 bits per heavy atom. The molecule has 0 bridgehead atoms. The van der Waals surface area contributed by atoms with Crippen LogP contribution in [0.15, 0.2) is 36.5 Å². The molecule has 4 heteroatoms. The fourth-order valence-electron chi connectivity index (χ4n) is 4.36. The number of hydrogen-bond acceptors (Lipinski definition) is 3. The Hall–Kier alpha value is -2.33. The van der Waals surface area contributed by atoms with Crippen molar-refractivity contribution in [2.75, 3.05) is 18.4 Å². The van der Waals surface area contributed by atoms with Crippen molar-refractivity contribution in [1.82, 2.24) is 15.3 Å². The second-order valence-electron chi connectivity index (χ2n) is 7.32. The van der Waals surface area contributed by atoms with Gasteiger partial charge in [-0.1, -0.05) is 6.07 Å². The minimum Gasteiger partial charge on any atom is -0.346 e. The van der Waals surface area contributed by atoms with E-state index in [-0.39, 0.29) is 0 Å². The van der Waals surface area contributed by atoms with Gasteiger partial charge >= 0.3 is 0 Å². The third kappa shape index (κ3) is 2.81. The molecule has 3 heterocycles. The fourth-order valence-corrected chi connectivity index (χ4v) is 4.36. The number of anilines is 2. The minimum absolute atomic E-state index is 0.646. The minimum atomic E-state index is 0.646. The van der Waals surface area contributed by atoms with Gasteiger partial charge in [0.2, 0.25) is 0 Å². The molecular formula is C21H24N4. The summed E-state index contributed by atoms with van der Waals surface area (Å²) in [4.78, 5) is 8.18. The molecule has 1 aliphatic carbocycles. The maximum Gasteiger partial charge on any atom is 0.140 e. The van der Waals surface area contributed by atoms with Crippen LogP contribution in [0.25, 0.3) is 11.0 Å². The van der Waals surface area contributed by atoms with Crippen molar-refractivity contribution in [3.63, 3.8) is 0 Å². The van der Waals surface area contributed by atoms with Crippen LogP contribution in [0.5, 0.6) is 0 Å². The molecule has 3 N–H and O–H groups in total. The standard InChI is InChI=1S/C21H24N4/c1-2-14-4-5-17(12-16(14)3-1)24-20-7-6-18-19(13-23-21(18)25-20)15-8-10-22-11-9-15/h4-7,12-13,15,22H,1-3,8-11H2,(H2,23,24,25). The first-order valence-electron chi connectivity index (χ1n) is 9.44. The molecule has 0 spiro atoms. The molecule has 2 aromatic heterocycles. The van der Waals surface area contributed by atoms with E-state index in [1.54, 1.807) is 0 Å². The average molecular weight is 332 g/mol. The predicted octanol–water partition coefficient (Wildman–Crippen LogP) is 4.26. The summed E-state index contributed by atoms with van der Waals surface area (Å²) in [6.45, 7) is 2.23. The number of piperidine rings is 1. The Labute approximate surface area is 148 Å². The molecule has 25 heavy (non-hydrogen) atoms. The number of hydrogen-bond donors (Lipinski definition) is 3. The van der Waals surface area contributed by atoms with Gasteiger partial charge < -0.3 is 15.6 Å². The first kappa shape index (κ1) is 15.0. The Morgan fingerprint density at radius 1 is 1.00 bits per heavy atom. The molecule has 0 amide bonds. The molecule has 1 aliphatic heterocycles. The van der Waals surface area contributed by atoms with Gasteiger partial charge in [0.05, 0.1) is 0 Å². The Morgan fingerprint density at radius 2 is 1.88 bits per heavy atom. The molecule has 1 fully saturated rings. The molecule has 5 rings (SSSR count). The lowest BCUT2D eigenvalue weighted by Gasteiger charge is -2.22. The van der Waals surface area contributed by atoms with Crippen LogP contribution in [0.2, 0.25) is 0 Å². The number of nitrogens with zero attached hydrogens (tertiary/aromatic N) is 1. The maximum absolute atomic E-state index is 4.80. The van der Waals surface area contributed by atoms with Crippen LogP contribution in [0.3, 0.4) is 0 Å². The highest BCUT2D eigenvalue weighted by Crippen LogP contribution is 2.32. The quantitative estimate of drug-likeness (QED) is 0.671. The number of rotatable bonds is 3. The highest BCUT2D eigenvalue weighted by molar-refractivity contribution is 5.82. The summed E-state index contributed by atoms with van der Waals surface area (Å²) in [6, 6.07) is 11.0. The van der Waals surface area contributed by atoms with Crippen molar-refractivity contribution in [1.29, 1.82) is 0 Å². The topological polar surface area (TPSA) is 52.7 Å². The molecular weight excluding hydrogens is 308 g/mol. The molecule has 1 aromatic carbocycles. The lowest BCUT2D eigenvalue weighted by atomic mass is 9.90. The molecule has 0 radical (unpaired) electrons. The molecule has 3 aromatic rings. The largest absolute Gasteiger partial charge is 0.346 e. The Kier molecular flexibility index (Phi) is 3.71. The van der Waals surface area contributed by atoms with E-state index in [1.165, 1.54) is 54.2 Å². The van der Waals surface area contributed by atoms with Gasteiger partial charge in [0, 0.05) is 17.3 Å². The first-order chi connectivity index (χ1) is 12.4. The number of nitrogens with one attached hydrogen (secondary N) is 3. The highest BCUT2D eigenvalue weighted by Gasteiger charge is 2.19. The summed E-state index contributed by atoms with van der Waals surface area (Å²) in [5.74, 6) is 1.55. The van der Waals surface area contributed by atoms with Gasteiger partial charge in [-0.15, -0.1) is 0 Å². The van der Waals surface area contributed by atoms with E-state index < -0.39 is 0 Å². The third-order valence-corrected chi connectivity index (χ3v) is 5.72. The maximum atomic E-state index is 4.80. The van der Waals surface area contributed by atoms with Crippen molar-refractivity contribution in [2.24, 2.45) is 0 Å². The summed E-state index contributed by atoms with van der Waals surface area (Å²) in [5, 5.41) is 8.19. The van der Waals surface area contributed by atoms with Crippen molar-refractivity contribution in [3.8, 4) is 0 Å². The van der Waals surface area contributed by atoms with E-state index in [2.05, 4.69) is 52.1 Å². The number of fused-ring (bicyclic) bond motifs is 2. The summed E-state index contributed by atoms with van der Waals surface area (Å²) in [6.07, 6.45) is 8.29. The lowest BCUT2D eigenvalue weighted by Crippen LogP contribution is -2.26. The van der Waals surface area contributed by atoms with E-state index in [0.717, 1.165) is 30.2 Å². The van der Waals surface area contributed by atoms with Gasteiger partial charge in [0.1, 0.15) is 11.5 Å². The number of H-pyrrole nitrogens is 1. The van der Waals surface area contributed by atoms with Crippen LogP contribution < -0.4 is 10.6 Å². The lowest BCUT2D eigenvalue weighted by molar-refractivity contribution is 0.462. The highest BCUT2D eigenvalue weighted by atomic mass is 15.0. The Bertz CT molecular complexity index is 905. The number of aromatic nitrogens is 2. The zero-order valence-electron chi connectivity index (χ0n) is 14.4. The van der Waals surface area contributed by atoms with Gasteiger partial charge in [-0.05, 0) is 92.1 Å². The van der Waals surface area contributed by atoms with Crippen LogP contribution in [-0.2, 0) is 12.8 Å². The smallest absolute Gasteiger partial charge is 0.140 e. The SMILES string of the molecule is c1cc2c(cc1Nc1ccc3c(C4CCNCC4)c[nH]c3n1)CCC2. The fraction of sp³-hybridized carbons (Fsp3) is 0.381. The van der Waals surface area contributed by atoms with Crippen molar-refractivity contribution in [3.05, 3.63) is 53.2 Å². The van der Waals surface area contributed by atoms with Crippen LogP contribution in [0.4, 0.5) is 11.5 Å². The summed E-state index contributed by atoms with van der Waals surface area (Å²) in [7, 11) is 0. The first-order valence-corrected chi connectivity index (χ1v) is 9.44. The molecule has 128 valence electrons. The number of aromatic amines is 1. The van der Waals surface area contributed by atoms with Gasteiger partial charge in [-0.2, -0.15) is 0 Å². The molecule has 0 saturated carbocycles. The van der Waals surface area contributed by atoms with E-state index >= 15 is 0 Å². The van der Waals surface area contributed by atoms with Gasteiger partial charge in [-0.3, -0.25) is 0 Å². The Balaban J connectivity index is 1.41. The van der Waals surface area contributed by atoms with Crippen molar-refractivity contribution in [2.45, 2.75) is 38.0 Å². The van der Waals surface area contributed by atoms with Crippen LogP contribution in [-0.4, -0.2) is 23.1 Å². The molecule has 0 atom stereocenters. The molecule has 1 saturated heterocycles. The van der Waals surface area contributed by atoms with Crippen LogP contribution in [0, 0.1) is 0 Å². The zero-order chi connectivity index (χ0) is 16.6. The number of aryl methyl sites for hydroxylation is 2. The third-order valence-electron chi connectivity index (χ3n) is 5.72. The second kappa shape index (κ2) is 6.19. The second-order valence-corrected chi connectivity index (χ2v) is 7.32. The molecule has 2 aliphatic rings. The molecule has 0 unspecified atom stereocenters. The number of benzene rings is 1. The summed E-state index contributed by atoms with van der Waals surface area (Å²) < 4.78 is 0. The van der Waals surface area contributed by atoms with E-state index in [0.29, 0.717) is 5.92 Å². The van der Waals surface area contributed by atoms with Crippen molar-refractivity contribution < 1.29 is 0 Å². The van der Waals surface area contributed by atoms with E-state index in [9.17, 15) is 0 Å².